The number of thioether (sulfide) groups is 1. The van der Waals surface area contributed by atoms with E-state index in [1.165, 1.54) is 0 Å². The van der Waals surface area contributed by atoms with Crippen LogP contribution in [0.25, 0.3) is 0 Å². The minimum absolute atomic E-state index is 0.0611. The number of carbonyl (C=O) groups is 1. The van der Waals surface area contributed by atoms with Crippen LogP contribution >= 0.6 is 11.8 Å². The molecule has 0 bridgehead atoms. The summed E-state index contributed by atoms with van der Waals surface area (Å²) in [5, 5.41) is 2.88. The van der Waals surface area contributed by atoms with Gasteiger partial charge in [0.15, 0.2) is 0 Å². The number of hydrogen-bond acceptors (Lipinski definition) is 3. The second-order valence-electron chi connectivity index (χ2n) is 3.69. The molecular formula is C13H18N2OS. The van der Waals surface area contributed by atoms with Gasteiger partial charge in [-0.3, -0.25) is 4.79 Å². The normalized spacial score (nSPS) is 9.94. The Labute approximate surface area is 106 Å². The van der Waals surface area contributed by atoms with Crippen LogP contribution in [0.2, 0.25) is 0 Å². The molecule has 0 aliphatic heterocycles. The lowest BCUT2D eigenvalue weighted by Gasteiger charge is -2.08. The topological polar surface area (TPSA) is 55.1 Å². The molecule has 0 saturated carbocycles. The maximum absolute atomic E-state index is 11.9. The molecule has 0 saturated heterocycles. The van der Waals surface area contributed by atoms with Crippen LogP contribution < -0.4 is 11.1 Å². The van der Waals surface area contributed by atoms with Crippen LogP contribution in [0.4, 0.5) is 5.69 Å². The SMILES string of the molecule is C=CCSCCNC(=O)c1cc(N)ccc1C. The highest BCUT2D eigenvalue weighted by Crippen LogP contribution is 2.12. The number of nitrogen functional groups attached to an aromatic ring is 1. The first-order valence-electron chi connectivity index (χ1n) is 5.48. The summed E-state index contributed by atoms with van der Waals surface area (Å²) in [5.74, 6) is 1.74. The first-order chi connectivity index (χ1) is 8.15. The summed E-state index contributed by atoms with van der Waals surface area (Å²) in [4.78, 5) is 11.9. The number of amides is 1. The molecule has 1 aromatic carbocycles. The molecule has 0 heterocycles. The summed E-state index contributed by atoms with van der Waals surface area (Å²) in [6.45, 7) is 6.20. The third-order valence-electron chi connectivity index (χ3n) is 2.27. The second kappa shape index (κ2) is 7.01. The Kier molecular flexibility index (Phi) is 5.63. The zero-order valence-electron chi connectivity index (χ0n) is 10.0. The van der Waals surface area contributed by atoms with Gasteiger partial charge in [-0.2, -0.15) is 11.8 Å². The molecule has 0 aliphatic carbocycles. The van der Waals surface area contributed by atoms with E-state index in [2.05, 4.69) is 11.9 Å². The van der Waals surface area contributed by atoms with Crippen molar-refractivity contribution in [3.05, 3.63) is 42.0 Å². The van der Waals surface area contributed by atoms with Crippen LogP contribution in [0.5, 0.6) is 0 Å². The molecule has 0 unspecified atom stereocenters. The molecule has 0 atom stereocenters. The number of rotatable bonds is 6. The molecule has 17 heavy (non-hydrogen) atoms. The zero-order chi connectivity index (χ0) is 12.7. The summed E-state index contributed by atoms with van der Waals surface area (Å²) in [6, 6.07) is 5.37. The highest BCUT2D eigenvalue weighted by Gasteiger charge is 2.08. The number of benzene rings is 1. The number of anilines is 1. The average molecular weight is 250 g/mol. The fourth-order valence-corrected chi connectivity index (χ4v) is 1.96. The number of nitrogens with two attached hydrogens (primary N) is 1. The van der Waals surface area contributed by atoms with Crippen molar-refractivity contribution < 1.29 is 4.79 Å². The maximum Gasteiger partial charge on any atom is 0.251 e. The van der Waals surface area contributed by atoms with Crippen LogP contribution in [0.3, 0.4) is 0 Å². The van der Waals surface area contributed by atoms with E-state index in [0.29, 0.717) is 17.8 Å². The van der Waals surface area contributed by atoms with Crippen molar-refractivity contribution in [1.29, 1.82) is 0 Å². The molecule has 0 spiro atoms. The third kappa shape index (κ3) is 4.53. The van der Waals surface area contributed by atoms with E-state index in [1.807, 2.05) is 19.1 Å². The summed E-state index contributed by atoms with van der Waals surface area (Å²) >= 11 is 1.74. The van der Waals surface area contributed by atoms with Gasteiger partial charge in [-0.1, -0.05) is 12.1 Å². The molecule has 3 N–H and O–H groups in total. The van der Waals surface area contributed by atoms with Crippen molar-refractivity contribution in [3.8, 4) is 0 Å². The summed E-state index contributed by atoms with van der Waals surface area (Å²) in [7, 11) is 0. The molecule has 1 aromatic rings. The zero-order valence-corrected chi connectivity index (χ0v) is 10.8. The quantitative estimate of drug-likeness (QED) is 0.462. The van der Waals surface area contributed by atoms with Gasteiger partial charge in [-0.25, -0.2) is 0 Å². The molecule has 1 rings (SSSR count). The minimum atomic E-state index is -0.0611. The molecule has 0 aromatic heterocycles. The molecule has 92 valence electrons. The highest BCUT2D eigenvalue weighted by atomic mass is 32.2. The predicted octanol–water partition coefficient (Wildman–Crippen LogP) is 2.23. The smallest absolute Gasteiger partial charge is 0.251 e. The molecule has 4 heteroatoms. The molecule has 1 amide bonds. The van der Waals surface area contributed by atoms with Crippen molar-refractivity contribution in [1.82, 2.24) is 5.32 Å². The Morgan fingerprint density at radius 2 is 2.35 bits per heavy atom. The van der Waals surface area contributed by atoms with Crippen molar-refractivity contribution in [2.45, 2.75) is 6.92 Å². The van der Waals surface area contributed by atoms with E-state index >= 15 is 0 Å². The Hall–Kier alpha value is -1.42. The number of carbonyl (C=O) groups excluding carboxylic acids is 1. The lowest BCUT2D eigenvalue weighted by molar-refractivity contribution is 0.0955. The molecule has 0 fully saturated rings. The Bertz CT molecular complexity index is 404. The fraction of sp³-hybridized carbons (Fsp3) is 0.308. The predicted molar refractivity (Wildman–Crippen MR) is 75.4 cm³/mol. The van der Waals surface area contributed by atoms with E-state index in [9.17, 15) is 4.79 Å². The van der Waals surface area contributed by atoms with Crippen LogP contribution in [0, 0.1) is 6.92 Å². The van der Waals surface area contributed by atoms with E-state index in [-0.39, 0.29) is 5.91 Å². The first kappa shape index (κ1) is 13.6. The number of aryl methyl sites for hydroxylation is 1. The van der Waals surface area contributed by atoms with Crippen LogP contribution in [0.15, 0.2) is 30.9 Å². The van der Waals surface area contributed by atoms with Crippen LogP contribution in [-0.2, 0) is 0 Å². The van der Waals surface area contributed by atoms with Crippen LogP contribution in [0.1, 0.15) is 15.9 Å². The average Bonchev–Trinajstić information content (AvgIpc) is 2.32. The van der Waals surface area contributed by atoms with Gasteiger partial charge >= 0.3 is 0 Å². The van der Waals surface area contributed by atoms with Crippen molar-refractivity contribution in [3.63, 3.8) is 0 Å². The van der Waals surface area contributed by atoms with Gasteiger partial charge in [0, 0.05) is 29.3 Å². The number of hydrogen-bond donors (Lipinski definition) is 2. The summed E-state index contributed by atoms with van der Waals surface area (Å²) in [6.07, 6.45) is 1.86. The Morgan fingerprint density at radius 3 is 3.06 bits per heavy atom. The van der Waals surface area contributed by atoms with E-state index < -0.39 is 0 Å². The molecular weight excluding hydrogens is 232 g/mol. The standard InChI is InChI=1S/C13H18N2OS/c1-3-7-17-8-6-15-13(16)12-9-11(14)5-4-10(12)2/h3-5,9H,1,6-8,14H2,2H3,(H,15,16). The number of nitrogens with one attached hydrogen (secondary N) is 1. The molecule has 0 radical (unpaired) electrons. The van der Waals surface area contributed by atoms with Crippen molar-refractivity contribution in [2.75, 3.05) is 23.8 Å². The third-order valence-corrected chi connectivity index (χ3v) is 3.24. The summed E-state index contributed by atoms with van der Waals surface area (Å²) < 4.78 is 0. The summed E-state index contributed by atoms with van der Waals surface area (Å²) in [5.41, 5.74) is 7.87. The Morgan fingerprint density at radius 1 is 1.59 bits per heavy atom. The first-order valence-corrected chi connectivity index (χ1v) is 6.63. The lowest BCUT2D eigenvalue weighted by atomic mass is 10.1. The monoisotopic (exact) mass is 250 g/mol. The fourth-order valence-electron chi connectivity index (χ4n) is 1.38. The molecule has 0 aliphatic rings. The van der Waals surface area contributed by atoms with Crippen molar-refractivity contribution in [2.24, 2.45) is 0 Å². The maximum atomic E-state index is 11.9. The van der Waals surface area contributed by atoms with Gasteiger partial charge < -0.3 is 11.1 Å². The largest absolute Gasteiger partial charge is 0.399 e. The molecule has 3 nitrogen and oxygen atoms in total. The van der Waals surface area contributed by atoms with Crippen LogP contribution in [-0.4, -0.2) is 24.0 Å². The van der Waals surface area contributed by atoms with Gasteiger partial charge in [0.25, 0.3) is 5.91 Å². The van der Waals surface area contributed by atoms with Gasteiger partial charge in [0.2, 0.25) is 0 Å². The Balaban J connectivity index is 2.46. The van der Waals surface area contributed by atoms with E-state index in [0.717, 1.165) is 17.1 Å². The van der Waals surface area contributed by atoms with Crippen molar-refractivity contribution >= 4 is 23.4 Å². The second-order valence-corrected chi connectivity index (χ2v) is 4.84. The van der Waals surface area contributed by atoms with Gasteiger partial charge in [-0.05, 0) is 24.6 Å². The van der Waals surface area contributed by atoms with Gasteiger partial charge in [-0.15, -0.1) is 6.58 Å². The van der Waals surface area contributed by atoms with E-state index in [4.69, 9.17) is 5.73 Å². The van der Waals surface area contributed by atoms with E-state index in [1.54, 1.807) is 23.9 Å². The minimum Gasteiger partial charge on any atom is -0.399 e. The highest BCUT2D eigenvalue weighted by molar-refractivity contribution is 7.99. The van der Waals surface area contributed by atoms with Gasteiger partial charge in [0.05, 0.1) is 0 Å². The lowest BCUT2D eigenvalue weighted by Crippen LogP contribution is -2.26. The van der Waals surface area contributed by atoms with Gasteiger partial charge in [0.1, 0.15) is 0 Å².